The Hall–Kier alpha value is -0.830. The van der Waals surface area contributed by atoms with E-state index in [1.165, 1.54) is 5.82 Å². The molecule has 0 aromatic carbocycles. The van der Waals surface area contributed by atoms with Gasteiger partial charge in [0.1, 0.15) is 12.4 Å². The first-order valence-corrected chi connectivity index (χ1v) is 4.52. The highest BCUT2D eigenvalue weighted by Crippen LogP contribution is 1.88. The van der Waals surface area contributed by atoms with Gasteiger partial charge in [0.05, 0.1) is 6.61 Å². The Bertz CT molecular complexity index is 220. The van der Waals surface area contributed by atoms with Crippen molar-refractivity contribution in [2.45, 2.75) is 33.4 Å². The lowest BCUT2D eigenvalue weighted by molar-refractivity contribution is -0.737. The number of imidazole rings is 1. The molecule has 1 N–H and O–H groups in total. The van der Waals surface area contributed by atoms with E-state index in [0.717, 1.165) is 19.4 Å². The Morgan fingerprint density at radius 1 is 1.50 bits per heavy atom. The van der Waals surface area contributed by atoms with Gasteiger partial charge in [0, 0.05) is 6.42 Å². The van der Waals surface area contributed by atoms with Crippen molar-refractivity contribution < 1.29 is 9.30 Å². The van der Waals surface area contributed by atoms with Crippen LogP contribution in [0.1, 0.15) is 26.1 Å². The van der Waals surface area contributed by atoms with Crippen molar-refractivity contribution >= 4 is 0 Å². The van der Waals surface area contributed by atoms with E-state index in [4.69, 9.17) is 4.74 Å². The molecule has 12 heavy (non-hydrogen) atoms. The summed E-state index contributed by atoms with van der Waals surface area (Å²) < 4.78 is 7.51. The Labute approximate surface area is 73.4 Å². The summed E-state index contributed by atoms with van der Waals surface area (Å²) in [5, 5.41) is 0. The highest BCUT2D eigenvalue weighted by Gasteiger charge is 2.06. The van der Waals surface area contributed by atoms with Crippen molar-refractivity contribution in [1.29, 1.82) is 0 Å². The number of aromatic amines is 1. The standard InChI is InChI=1S/C9H16N2O/c1-3-7-12-8-11-6-5-10-9(11)4-2/h5-6H,3-4,7-8H2,1-2H3/p+1. The third-order valence-electron chi connectivity index (χ3n) is 1.76. The van der Waals surface area contributed by atoms with Gasteiger partial charge in [0.15, 0.2) is 6.73 Å². The number of hydrogen-bond acceptors (Lipinski definition) is 1. The summed E-state index contributed by atoms with van der Waals surface area (Å²) in [7, 11) is 0. The van der Waals surface area contributed by atoms with Crippen LogP contribution in [0.4, 0.5) is 0 Å². The van der Waals surface area contributed by atoms with Crippen molar-refractivity contribution in [3.8, 4) is 0 Å². The summed E-state index contributed by atoms with van der Waals surface area (Å²) in [6.45, 7) is 5.74. The smallest absolute Gasteiger partial charge is 0.255 e. The molecule has 1 rings (SSSR count). The first-order chi connectivity index (χ1) is 5.88. The van der Waals surface area contributed by atoms with Gasteiger partial charge in [-0.25, -0.2) is 9.55 Å². The van der Waals surface area contributed by atoms with Crippen LogP contribution in [0.15, 0.2) is 12.4 Å². The zero-order valence-electron chi connectivity index (χ0n) is 7.84. The Balaban J connectivity index is 2.39. The van der Waals surface area contributed by atoms with Crippen molar-refractivity contribution in [3.63, 3.8) is 0 Å². The minimum Gasteiger partial charge on any atom is -0.342 e. The molecule has 3 nitrogen and oxygen atoms in total. The van der Waals surface area contributed by atoms with Gasteiger partial charge in [-0.2, -0.15) is 0 Å². The normalized spacial score (nSPS) is 10.5. The van der Waals surface area contributed by atoms with Crippen LogP contribution in [-0.4, -0.2) is 11.6 Å². The summed E-state index contributed by atoms with van der Waals surface area (Å²) in [6, 6.07) is 0. The average Bonchev–Trinajstić information content (AvgIpc) is 2.52. The van der Waals surface area contributed by atoms with Crippen molar-refractivity contribution in [3.05, 3.63) is 18.2 Å². The molecule has 1 heterocycles. The van der Waals surface area contributed by atoms with Gasteiger partial charge < -0.3 is 4.74 Å². The van der Waals surface area contributed by atoms with E-state index in [9.17, 15) is 0 Å². The zero-order valence-corrected chi connectivity index (χ0v) is 7.84. The first kappa shape index (κ1) is 9.26. The number of nitrogens with zero attached hydrogens (tertiary/aromatic N) is 1. The third-order valence-corrected chi connectivity index (χ3v) is 1.76. The molecule has 1 aromatic heterocycles. The SMILES string of the molecule is CCCOC[n+]1cc[nH]c1CC. The molecule has 0 aliphatic heterocycles. The van der Waals surface area contributed by atoms with E-state index >= 15 is 0 Å². The van der Waals surface area contributed by atoms with Crippen molar-refractivity contribution in [2.24, 2.45) is 0 Å². The fourth-order valence-corrected chi connectivity index (χ4v) is 1.13. The van der Waals surface area contributed by atoms with E-state index in [2.05, 4.69) is 23.4 Å². The number of aryl methyl sites for hydroxylation is 1. The average molecular weight is 169 g/mol. The number of hydrogen-bond donors (Lipinski definition) is 1. The number of aromatic nitrogens is 2. The number of rotatable bonds is 5. The van der Waals surface area contributed by atoms with Crippen LogP contribution in [0, 0.1) is 0 Å². The molecule has 0 atom stereocenters. The Morgan fingerprint density at radius 3 is 3.00 bits per heavy atom. The maximum absolute atomic E-state index is 5.41. The fourth-order valence-electron chi connectivity index (χ4n) is 1.13. The first-order valence-electron chi connectivity index (χ1n) is 4.52. The van der Waals surface area contributed by atoms with Crippen LogP contribution in [0.25, 0.3) is 0 Å². The second-order valence-electron chi connectivity index (χ2n) is 2.77. The summed E-state index contributed by atoms with van der Waals surface area (Å²) in [4.78, 5) is 3.17. The topological polar surface area (TPSA) is 28.9 Å². The lowest BCUT2D eigenvalue weighted by atomic mass is 10.5. The van der Waals surface area contributed by atoms with E-state index in [0.29, 0.717) is 6.73 Å². The van der Waals surface area contributed by atoms with E-state index in [1.807, 2.05) is 12.4 Å². The number of ether oxygens (including phenoxy) is 1. The molecule has 0 unspecified atom stereocenters. The van der Waals surface area contributed by atoms with E-state index < -0.39 is 0 Å². The van der Waals surface area contributed by atoms with Gasteiger partial charge >= 0.3 is 0 Å². The molecule has 0 radical (unpaired) electrons. The monoisotopic (exact) mass is 169 g/mol. The van der Waals surface area contributed by atoms with Crippen molar-refractivity contribution in [2.75, 3.05) is 6.61 Å². The summed E-state index contributed by atoms with van der Waals surface area (Å²) >= 11 is 0. The number of nitrogens with one attached hydrogen (secondary N) is 1. The molecular weight excluding hydrogens is 152 g/mol. The van der Waals surface area contributed by atoms with Gasteiger partial charge in [-0.3, -0.25) is 0 Å². The van der Waals surface area contributed by atoms with Gasteiger partial charge in [0.2, 0.25) is 0 Å². The highest BCUT2D eigenvalue weighted by molar-refractivity contribution is 4.74. The largest absolute Gasteiger partial charge is 0.342 e. The Kier molecular flexibility index (Phi) is 3.80. The number of H-pyrrole nitrogens is 1. The molecule has 0 amide bonds. The molecule has 0 saturated carbocycles. The predicted octanol–water partition coefficient (Wildman–Crippen LogP) is 1.25. The second-order valence-corrected chi connectivity index (χ2v) is 2.77. The Morgan fingerprint density at radius 2 is 2.33 bits per heavy atom. The maximum Gasteiger partial charge on any atom is 0.255 e. The van der Waals surface area contributed by atoms with Gasteiger partial charge in [-0.1, -0.05) is 13.8 Å². The highest BCUT2D eigenvalue weighted by atomic mass is 16.5. The van der Waals surface area contributed by atoms with Crippen molar-refractivity contribution in [1.82, 2.24) is 4.98 Å². The predicted molar refractivity (Wildman–Crippen MR) is 46.6 cm³/mol. The minimum absolute atomic E-state index is 0.667. The molecular formula is C9H17N2O+. The molecule has 0 bridgehead atoms. The van der Waals surface area contributed by atoms with Crippen LogP contribution in [0.3, 0.4) is 0 Å². The van der Waals surface area contributed by atoms with Crippen LogP contribution in [-0.2, 0) is 17.9 Å². The summed E-state index contributed by atoms with van der Waals surface area (Å²) in [6.07, 6.45) is 6.04. The van der Waals surface area contributed by atoms with Gasteiger partial charge in [-0.05, 0) is 6.42 Å². The molecule has 1 aromatic rings. The lowest BCUT2D eigenvalue weighted by Crippen LogP contribution is -2.37. The lowest BCUT2D eigenvalue weighted by Gasteiger charge is -1.99. The molecule has 0 aliphatic carbocycles. The summed E-state index contributed by atoms with van der Waals surface area (Å²) in [5.41, 5.74) is 0. The third kappa shape index (κ3) is 2.34. The van der Waals surface area contributed by atoms with Gasteiger partial charge in [0.25, 0.3) is 5.82 Å². The van der Waals surface area contributed by atoms with Crippen LogP contribution < -0.4 is 4.57 Å². The molecule has 0 saturated heterocycles. The fraction of sp³-hybridized carbons (Fsp3) is 0.667. The van der Waals surface area contributed by atoms with E-state index in [-0.39, 0.29) is 0 Å². The molecule has 68 valence electrons. The molecule has 3 heteroatoms. The zero-order chi connectivity index (χ0) is 8.81. The second kappa shape index (κ2) is 4.93. The minimum atomic E-state index is 0.667. The van der Waals surface area contributed by atoms with Crippen LogP contribution in [0.2, 0.25) is 0 Å². The van der Waals surface area contributed by atoms with E-state index in [1.54, 1.807) is 0 Å². The van der Waals surface area contributed by atoms with Crippen LogP contribution >= 0.6 is 0 Å². The molecule has 0 aliphatic rings. The quantitative estimate of drug-likeness (QED) is 0.521. The molecule has 0 spiro atoms. The summed E-state index contributed by atoms with van der Waals surface area (Å²) in [5.74, 6) is 1.21. The van der Waals surface area contributed by atoms with Crippen LogP contribution in [0.5, 0.6) is 0 Å². The van der Waals surface area contributed by atoms with Gasteiger partial charge in [-0.15, -0.1) is 0 Å². The molecule has 0 fully saturated rings. The maximum atomic E-state index is 5.41.